The molecule has 1 amide bonds. The third-order valence-electron chi connectivity index (χ3n) is 6.22. The van der Waals surface area contributed by atoms with E-state index in [1.165, 1.54) is 19.4 Å². The van der Waals surface area contributed by atoms with Gasteiger partial charge in [-0.2, -0.15) is 0 Å². The van der Waals surface area contributed by atoms with E-state index in [2.05, 4.69) is 30.3 Å². The van der Waals surface area contributed by atoms with Gasteiger partial charge in [-0.1, -0.05) is 0 Å². The van der Waals surface area contributed by atoms with Gasteiger partial charge in [-0.15, -0.1) is 0 Å². The predicted molar refractivity (Wildman–Crippen MR) is 127 cm³/mol. The average molecular weight is 475 g/mol. The molecule has 1 aliphatic rings. The van der Waals surface area contributed by atoms with E-state index in [4.69, 9.17) is 4.74 Å². The Labute approximate surface area is 192 Å². The molecule has 0 saturated carbocycles. The minimum atomic E-state index is -3.17. The molecular formula is C22H27FN6O3S. The lowest BCUT2D eigenvalue weighted by molar-refractivity contribution is -0.125. The fourth-order valence-corrected chi connectivity index (χ4v) is 6.68. The molecule has 1 fully saturated rings. The van der Waals surface area contributed by atoms with E-state index in [1.807, 2.05) is 0 Å². The van der Waals surface area contributed by atoms with Gasteiger partial charge in [0.1, 0.15) is 16.1 Å². The van der Waals surface area contributed by atoms with Crippen LogP contribution in [0, 0.1) is 5.82 Å². The molecule has 9 nitrogen and oxygen atoms in total. The van der Waals surface area contributed by atoms with Crippen molar-refractivity contribution in [3.63, 3.8) is 0 Å². The third kappa shape index (κ3) is 3.80. The zero-order chi connectivity index (χ0) is 24.0. The molecule has 1 aromatic carbocycles. The number of methoxy groups -OCH3 is 1. The molecule has 11 heteroatoms. The van der Waals surface area contributed by atoms with Gasteiger partial charge < -0.3 is 15.4 Å². The van der Waals surface area contributed by atoms with Gasteiger partial charge >= 0.3 is 0 Å². The molecule has 2 aromatic heterocycles. The number of rotatable bonds is 5. The number of aromatic nitrogens is 3. The number of halogens is 1. The van der Waals surface area contributed by atoms with Gasteiger partial charge in [-0.25, -0.2) is 19.3 Å². The van der Waals surface area contributed by atoms with Crippen molar-refractivity contribution in [2.24, 2.45) is 0 Å². The van der Waals surface area contributed by atoms with Crippen LogP contribution in [-0.2, 0) is 20.5 Å². The van der Waals surface area contributed by atoms with Crippen LogP contribution in [0.5, 0.6) is 5.88 Å². The van der Waals surface area contributed by atoms with Crippen LogP contribution in [0.15, 0.2) is 36.7 Å². The summed E-state index contributed by atoms with van der Waals surface area (Å²) in [5.41, 5.74) is 0.677. The second-order valence-corrected chi connectivity index (χ2v) is 12.1. The van der Waals surface area contributed by atoms with Gasteiger partial charge in [0.05, 0.1) is 24.4 Å². The molecule has 3 N–H and O–H groups in total. The first-order chi connectivity index (χ1) is 15.5. The summed E-state index contributed by atoms with van der Waals surface area (Å²) in [6.45, 7) is 4.95. The number of nitrogens with zero attached hydrogens (tertiary/aromatic N) is 3. The summed E-state index contributed by atoms with van der Waals surface area (Å²) < 4.78 is 35.5. The predicted octanol–water partition coefficient (Wildman–Crippen LogP) is 2.19. The van der Waals surface area contributed by atoms with Crippen LogP contribution in [-0.4, -0.2) is 49.7 Å². The summed E-state index contributed by atoms with van der Waals surface area (Å²) in [7, 11) is -0.0974. The number of benzene rings is 1. The standard InChI is InChI=1S/C22H27FN6O3S/c1-21(2)20(30)29-22(3,12-33(21,31)24-4)14-10-13(6-7-15(14)23)27-19-18-16(8-9-25-19)28-17(32-5)11-26-18/h6-11,33H,12H2,1-5H3,(H,24,31)(H,25,27)(H,29,30)/t22-/m0/s1. The summed E-state index contributed by atoms with van der Waals surface area (Å²) in [6.07, 6.45) is 3.07. The molecule has 1 aliphatic heterocycles. The maximum absolute atomic E-state index is 15.0. The number of anilines is 2. The fourth-order valence-electron chi connectivity index (χ4n) is 4.04. The Balaban J connectivity index is 1.73. The molecule has 1 atom stereocenters. The van der Waals surface area contributed by atoms with Crippen LogP contribution in [0.25, 0.3) is 11.0 Å². The Morgan fingerprint density at radius 1 is 1.21 bits per heavy atom. The van der Waals surface area contributed by atoms with Crippen LogP contribution in [0.1, 0.15) is 26.3 Å². The SMILES string of the molecule is CN[SH]1(=O)C[C@@](C)(c2cc(Nc3nccc4nc(OC)cnc34)ccc2F)NC(=O)C1(C)C. The van der Waals surface area contributed by atoms with E-state index < -0.39 is 32.1 Å². The first-order valence-electron chi connectivity index (χ1n) is 10.4. The van der Waals surface area contributed by atoms with E-state index in [9.17, 15) is 9.00 Å². The number of thiol groups is 1. The number of hydrogen-bond acceptors (Lipinski definition) is 7. The van der Waals surface area contributed by atoms with E-state index >= 15 is 4.39 Å². The molecule has 33 heavy (non-hydrogen) atoms. The second-order valence-electron chi connectivity index (χ2n) is 8.73. The Kier molecular flexibility index (Phi) is 5.57. The van der Waals surface area contributed by atoms with E-state index in [-0.39, 0.29) is 11.3 Å². The van der Waals surface area contributed by atoms with Crippen LogP contribution in [0.2, 0.25) is 0 Å². The van der Waals surface area contributed by atoms with Crippen molar-refractivity contribution in [1.29, 1.82) is 0 Å². The first-order valence-corrected chi connectivity index (χ1v) is 12.3. The lowest BCUT2D eigenvalue weighted by atomic mass is 9.91. The van der Waals surface area contributed by atoms with Crippen LogP contribution in [0.4, 0.5) is 15.9 Å². The van der Waals surface area contributed by atoms with Crippen molar-refractivity contribution < 1.29 is 18.1 Å². The molecule has 0 unspecified atom stereocenters. The van der Waals surface area contributed by atoms with Crippen LogP contribution in [0.3, 0.4) is 0 Å². The highest BCUT2D eigenvalue weighted by Crippen LogP contribution is 2.38. The largest absolute Gasteiger partial charge is 0.480 e. The average Bonchev–Trinajstić information content (AvgIpc) is 2.78. The summed E-state index contributed by atoms with van der Waals surface area (Å²) in [6, 6.07) is 6.16. The van der Waals surface area contributed by atoms with E-state index in [0.717, 1.165) is 0 Å². The topological polar surface area (TPSA) is 118 Å². The Morgan fingerprint density at radius 2 is 1.97 bits per heavy atom. The minimum Gasteiger partial charge on any atom is -0.480 e. The van der Waals surface area contributed by atoms with Crippen molar-refractivity contribution in [2.75, 3.05) is 25.2 Å². The summed E-state index contributed by atoms with van der Waals surface area (Å²) in [4.78, 5) is 25.9. The first kappa shape index (κ1) is 23.0. The maximum Gasteiger partial charge on any atom is 0.238 e. The molecule has 4 rings (SSSR count). The lowest BCUT2D eigenvalue weighted by Crippen LogP contribution is -2.69. The number of nitrogens with one attached hydrogen (secondary N) is 3. The summed E-state index contributed by atoms with van der Waals surface area (Å²) >= 11 is 0. The summed E-state index contributed by atoms with van der Waals surface area (Å²) in [5.74, 6) is -0.0395. The molecule has 1 saturated heterocycles. The quantitative estimate of drug-likeness (QED) is 0.419. The molecule has 0 radical (unpaired) electrons. The second kappa shape index (κ2) is 7.99. The zero-order valence-electron chi connectivity index (χ0n) is 19.1. The smallest absolute Gasteiger partial charge is 0.238 e. The third-order valence-corrected chi connectivity index (χ3v) is 10.0. The van der Waals surface area contributed by atoms with Crippen molar-refractivity contribution >= 4 is 38.6 Å². The molecule has 0 spiro atoms. The molecule has 3 aromatic rings. The monoisotopic (exact) mass is 474 g/mol. The normalized spacial score (nSPS) is 22.4. The number of amides is 1. The molecular weight excluding hydrogens is 447 g/mol. The molecule has 0 bridgehead atoms. The lowest BCUT2D eigenvalue weighted by Gasteiger charge is -2.50. The van der Waals surface area contributed by atoms with Crippen molar-refractivity contribution in [3.05, 3.63) is 48.0 Å². The number of pyridine rings is 1. The van der Waals surface area contributed by atoms with Gasteiger partial charge in [0.2, 0.25) is 11.8 Å². The van der Waals surface area contributed by atoms with Crippen molar-refractivity contribution in [1.82, 2.24) is 25.0 Å². The van der Waals surface area contributed by atoms with Gasteiger partial charge in [-0.3, -0.25) is 13.7 Å². The van der Waals surface area contributed by atoms with Gasteiger partial charge in [0.15, 0.2) is 5.82 Å². The van der Waals surface area contributed by atoms with Gasteiger partial charge in [-0.05, 0) is 62.2 Å². The minimum absolute atomic E-state index is 0.0629. The molecule has 0 aliphatic carbocycles. The number of carbonyl (C=O) groups is 1. The van der Waals surface area contributed by atoms with Crippen molar-refractivity contribution in [3.8, 4) is 5.88 Å². The number of ether oxygens (including phenoxy) is 1. The zero-order valence-corrected chi connectivity index (χ0v) is 20.0. The highest BCUT2D eigenvalue weighted by atomic mass is 32.3. The van der Waals surface area contributed by atoms with Crippen molar-refractivity contribution in [2.45, 2.75) is 31.1 Å². The number of carbonyl (C=O) groups excluding carboxylic acids is 1. The highest BCUT2D eigenvalue weighted by molar-refractivity contribution is 8.03. The van der Waals surface area contributed by atoms with Crippen LogP contribution >= 0.6 is 0 Å². The molecule has 3 heterocycles. The Bertz CT molecular complexity index is 1300. The highest BCUT2D eigenvalue weighted by Gasteiger charge is 2.52. The molecule has 176 valence electrons. The van der Waals surface area contributed by atoms with E-state index in [1.54, 1.807) is 52.2 Å². The maximum atomic E-state index is 15.0. The Hall–Kier alpha value is -3.18. The van der Waals surface area contributed by atoms with Crippen LogP contribution < -0.4 is 20.1 Å². The number of hydrogen-bond donors (Lipinski definition) is 4. The Morgan fingerprint density at radius 3 is 2.67 bits per heavy atom. The van der Waals surface area contributed by atoms with Gasteiger partial charge in [0.25, 0.3) is 0 Å². The summed E-state index contributed by atoms with van der Waals surface area (Å²) in [5, 5.41) is 6.04. The fraction of sp³-hybridized carbons (Fsp3) is 0.364. The van der Waals surface area contributed by atoms with E-state index in [0.29, 0.717) is 28.4 Å². The number of fused-ring (bicyclic) bond motifs is 1. The van der Waals surface area contributed by atoms with Gasteiger partial charge in [0, 0.05) is 23.2 Å².